The minimum Gasteiger partial charge on any atom is -0.494 e. The SMILES string of the molecule is CCCCCCOc1ccc(C(=O)Oc2ccc(OC(=O)c3ccc(OCCCCCC)cc3)c(OCC3CO3)c2)cc1. The topological polar surface area (TPSA) is 92.8 Å². The van der Waals surface area contributed by atoms with E-state index in [0.717, 1.165) is 25.7 Å². The van der Waals surface area contributed by atoms with Crippen LogP contribution >= 0.6 is 0 Å². The number of benzene rings is 3. The number of carbonyl (C=O) groups excluding carboxylic acids is 2. The third-order valence-corrected chi connectivity index (χ3v) is 6.87. The molecule has 0 aliphatic carbocycles. The Morgan fingerprint density at radius 3 is 1.65 bits per heavy atom. The van der Waals surface area contributed by atoms with Crippen LogP contribution in [0, 0.1) is 0 Å². The molecule has 1 heterocycles. The summed E-state index contributed by atoms with van der Waals surface area (Å²) in [6, 6.07) is 18.4. The first kappa shape index (κ1) is 31.9. The Morgan fingerprint density at radius 1 is 0.628 bits per heavy atom. The van der Waals surface area contributed by atoms with E-state index >= 15 is 0 Å². The van der Waals surface area contributed by atoms with Gasteiger partial charge in [-0.1, -0.05) is 52.4 Å². The van der Waals surface area contributed by atoms with Crippen molar-refractivity contribution in [3.05, 3.63) is 77.9 Å². The van der Waals surface area contributed by atoms with Gasteiger partial charge in [0.25, 0.3) is 0 Å². The number of carbonyl (C=O) groups is 2. The van der Waals surface area contributed by atoms with Crippen molar-refractivity contribution in [1.82, 2.24) is 0 Å². The van der Waals surface area contributed by atoms with Gasteiger partial charge >= 0.3 is 11.9 Å². The van der Waals surface area contributed by atoms with Crippen LogP contribution in [0.15, 0.2) is 66.7 Å². The predicted octanol–water partition coefficient (Wildman–Crippen LogP) is 7.82. The summed E-state index contributed by atoms with van der Waals surface area (Å²) in [5.74, 6) is 1.09. The number of epoxide rings is 1. The number of hydrogen-bond donors (Lipinski definition) is 0. The third kappa shape index (κ3) is 10.9. The molecule has 3 aromatic rings. The first-order valence-corrected chi connectivity index (χ1v) is 15.3. The van der Waals surface area contributed by atoms with E-state index in [1.807, 2.05) is 0 Å². The van der Waals surface area contributed by atoms with Gasteiger partial charge in [0.05, 0.1) is 30.9 Å². The molecule has 4 rings (SSSR count). The van der Waals surface area contributed by atoms with Crippen LogP contribution in [0.5, 0.6) is 28.7 Å². The van der Waals surface area contributed by atoms with Gasteiger partial charge in [0.15, 0.2) is 11.5 Å². The van der Waals surface area contributed by atoms with Gasteiger partial charge in [-0.05, 0) is 73.5 Å². The molecule has 1 unspecified atom stereocenters. The Balaban J connectivity index is 1.34. The lowest BCUT2D eigenvalue weighted by molar-refractivity contribution is 0.0713. The number of rotatable bonds is 19. The van der Waals surface area contributed by atoms with Gasteiger partial charge in [-0.15, -0.1) is 0 Å². The van der Waals surface area contributed by atoms with E-state index in [1.54, 1.807) is 60.7 Å². The molecular formula is C35H42O8. The summed E-state index contributed by atoms with van der Waals surface area (Å²) in [6.45, 7) is 6.53. The Morgan fingerprint density at radius 2 is 1.14 bits per heavy atom. The summed E-state index contributed by atoms with van der Waals surface area (Å²) in [5.41, 5.74) is 0.759. The van der Waals surface area contributed by atoms with Crippen molar-refractivity contribution in [2.45, 2.75) is 71.3 Å². The molecule has 0 spiro atoms. The van der Waals surface area contributed by atoms with Crippen LogP contribution < -0.4 is 23.7 Å². The highest BCUT2D eigenvalue weighted by atomic mass is 16.6. The lowest BCUT2D eigenvalue weighted by atomic mass is 10.2. The van der Waals surface area contributed by atoms with Gasteiger partial charge in [-0.25, -0.2) is 9.59 Å². The molecule has 0 N–H and O–H groups in total. The average Bonchev–Trinajstić information content (AvgIpc) is 3.86. The van der Waals surface area contributed by atoms with Gasteiger partial charge in [0.2, 0.25) is 0 Å². The fourth-order valence-electron chi connectivity index (χ4n) is 4.23. The van der Waals surface area contributed by atoms with Crippen LogP contribution in [-0.4, -0.2) is 44.5 Å². The fraction of sp³-hybridized carbons (Fsp3) is 0.429. The highest BCUT2D eigenvalue weighted by Crippen LogP contribution is 2.33. The van der Waals surface area contributed by atoms with E-state index in [2.05, 4.69) is 13.8 Å². The van der Waals surface area contributed by atoms with Crippen molar-refractivity contribution < 1.29 is 38.0 Å². The van der Waals surface area contributed by atoms with Crippen LogP contribution in [0.1, 0.15) is 85.9 Å². The molecule has 1 fully saturated rings. The molecule has 1 saturated heterocycles. The molecule has 43 heavy (non-hydrogen) atoms. The minimum absolute atomic E-state index is 0.0170. The van der Waals surface area contributed by atoms with Gasteiger partial charge in [0.1, 0.15) is 30.0 Å². The lowest BCUT2D eigenvalue weighted by Crippen LogP contribution is -2.12. The average molecular weight is 591 g/mol. The molecule has 0 aromatic heterocycles. The van der Waals surface area contributed by atoms with Crippen LogP contribution in [-0.2, 0) is 4.74 Å². The van der Waals surface area contributed by atoms with Crippen LogP contribution in [0.2, 0.25) is 0 Å². The maximum Gasteiger partial charge on any atom is 0.343 e. The zero-order valence-corrected chi connectivity index (χ0v) is 25.2. The Bertz CT molecular complexity index is 1280. The Kier molecular flexibility index (Phi) is 12.7. The summed E-state index contributed by atoms with van der Waals surface area (Å²) in [6.07, 6.45) is 9.00. The number of ether oxygens (including phenoxy) is 6. The largest absolute Gasteiger partial charge is 0.494 e. The molecule has 8 nitrogen and oxygen atoms in total. The second-order valence-electron chi connectivity index (χ2n) is 10.5. The summed E-state index contributed by atoms with van der Waals surface area (Å²) in [4.78, 5) is 25.7. The van der Waals surface area contributed by atoms with Crippen LogP contribution in [0.4, 0.5) is 0 Å². The smallest absolute Gasteiger partial charge is 0.343 e. The van der Waals surface area contributed by atoms with Gasteiger partial charge in [0, 0.05) is 6.07 Å². The highest BCUT2D eigenvalue weighted by Gasteiger charge is 2.24. The van der Waals surface area contributed by atoms with E-state index in [4.69, 9.17) is 28.4 Å². The van der Waals surface area contributed by atoms with Crippen molar-refractivity contribution >= 4 is 11.9 Å². The number of esters is 2. The maximum atomic E-state index is 12.9. The molecule has 0 saturated carbocycles. The molecule has 230 valence electrons. The van der Waals surface area contributed by atoms with Gasteiger partial charge in [-0.3, -0.25) is 0 Å². The molecule has 1 aliphatic heterocycles. The second-order valence-corrected chi connectivity index (χ2v) is 10.5. The molecule has 3 aromatic carbocycles. The minimum atomic E-state index is -0.542. The van der Waals surface area contributed by atoms with Crippen LogP contribution in [0.25, 0.3) is 0 Å². The normalized spacial score (nSPS) is 13.7. The monoisotopic (exact) mass is 590 g/mol. The summed E-state index contributed by atoms with van der Waals surface area (Å²) in [7, 11) is 0. The van der Waals surface area contributed by atoms with E-state index in [-0.39, 0.29) is 30.0 Å². The van der Waals surface area contributed by atoms with E-state index in [1.165, 1.54) is 31.7 Å². The third-order valence-electron chi connectivity index (χ3n) is 6.87. The first-order valence-electron chi connectivity index (χ1n) is 15.3. The van der Waals surface area contributed by atoms with Crippen molar-refractivity contribution in [2.75, 3.05) is 26.4 Å². The molecular weight excluding hydrogens is 548 g/mol. The molecule has 0 amide bonds. The standard InChI is InChI=1S/C35H42O8/c1-3-5-7-9-21-38-28-15-11-26(12-16-28)34(36)42-30-19-20-32(33(23-30)41-25-31-24-40-31)43-35(37)27-13-17-29(18-14-27)39-22-10-8-6-4-2/h11-20,23,31H,3-10,21-22,24-25H2,1-2H3. The fourth-order valence-corrected chi connectivity index (χ4v) is 4.23. The second kappa shape index (κ2) is 17.2. The molecule has 1 atom stereocenters. The van der Waals surface area contributed by atoms with Crippen LogP contribution in [0.3, 0.4) is 0 Å². The summed E-state index contributed by atoms with van der Waals surface area (Å²) < 4.78 is 33.9. The Hall–Kier alpha value is -4.04. The van der Waals surface area contributed by atoms with Crippen molar-refractivity contribution in [1.29, 1.82) is 0 Å². The van der Waals surface area contributed by atoms with Crippen molar-refractivity contribution in [3.63, 3.8) is 0 Å². The van der Waals surface area contributed by atoms with E-state index in [9.17, 15) is 9.59 Å². The van der Waals surface area contributed by atoms with Gasteiger partial charge in [-0.2, -0.15) is 0 Å². The predicted molar refractivity (Wildman–Crippen MR) is 164 cm³/mol. The zero-order chi connectivity index (χ0) is 30.3. The lowest BCUT2D eigenvalue weighted by Gasteiger charge is -2.13. The van der Waals surface area contributed by atoms with E-state index in [0.29, 0.717) is 42.4 Å². The summed E-state index contributed by atoms with van der Waals surface area (Å²) in [5, 5.41) is 0. The van der Waals surface area contributed by atoms with E-state index < -0.39 is 11.9 Å². The first-order chi connectivity index (χ1) is 21.1. The molecule has 1 aliphatic rings. The zero-order valence-electron chi connectivity index (χ0n) is 25.2. The molecule has 0 radical (unpaired) electrons. The Labute approximate surface area is 254 Å². The summed E-state index contributed by atoms with van der Waals surface area (Å²) >= 11 is 0. The quantitative estimate of drug-likeness (QED) is 0.0604. The van der Waals surface area contributed by atoms with Crippen molar-refractivity contribution in [3.8, 4) is 28.7 Å². The maximum absolute atomic E-state index is 12.9. The molecule has 0 bridgehead atoms. The van der Waals surface area contributed by atoms with Gasteiger partial charge < -0.3 is 28.4 Å². The highest BCUT2D eigenvalue weighted by molar-refractivity contribution is 5.92. The molecule has 8 heteroatoms. The number of unbranched alkanes of at least 4 members (excludes halogenated alkanes) is 6. The van der Waals surface area contributed by atoms with Crippen molar-refractivity contribution in [2.24, 2.45) is 0 Å². The number of hydrogen-bond acceptors (Lipinski definition) is 8.